The number of ether oxygens (including phenoxy) is 6. The molecule has 6 aromatic carbocycles. The number of hydrogen-bond donors (Lipinski definition) is 0. The fraction of sp³-hybridized carbons (Fsp3) is 0.364. The molecule has 6 aromatic rings. The predicted molar refractivity (Wildman–Crippen MR) is 311 cm³/mol. The molecule has 0 N–H and O–H groups in total. The van der Waals surface area contributed by atoms with Crippen molar-refractivity contribution in [1.29, 1.82) is 0 Å². The molecule has 16 nitrogen and oxygen atoms in total. The topological polar surface area (TPSA) is 171 Å². The lowest BCUT2D eigenvalue weighted by Gasteiger charge is -2.32. The van der Waals surface area contributed by atoms with Gasteiger partial charge in [0.2, 0.25) is 0 Å². The van der Waals surface area contributed by atoms with Crippen molar-refractivity contribution in [2.24, 2.45) is 0 Å². The van der Waals surface area contributed by atoms with Crippen molar-refractivity contribution in [2.45, 2.75) is 78.2 Å². The van der Waals surface area contributed by atoms with E-state index in [1.165, 1.54) is 0 Å². The van der Waals surface area contributed by atoms with Crippen molar-refractivity contribution < 1.29 is 57.2 Å². The van der Waals surface area contributed by atoms with E-state index in [1.54, 1.807) is 0 Å². The average Bonchev–Trinajstić information content (AvgIpc) is 3.53. The van der Waals surface area contributed by atoms with Crippen molar-refractivity contribution in [2.75, 3.05) is 78.5 Å². The molecule has 0 atom stereocenters. The molecule has 0 saturated heterocycles. The summed E-state index contributed by atoms with van der Waals surface area (Å²) in [6.45, 7) is 5.36. The third kappa shape index (κ3) is 27.4. The lowest BCUT2D eigenvalue weighted by molar-refractivity contribution is -0.147. The van der Waals surface area contributed by atoms with Crippen LogP contribution in [0.15, 0.2) is 182 Å². The Morgan fingerprint density at radius 3 is 0.488 bits per heavy atom. The van der Waals surface area contributed by atoms with Crippen molar-refractivity contribution in [3.05, 3.63) is 215 Å². The first kappa shape index (κ1) is 63.2. The van der Waals surface area contributed by atoms with Crippen LogP contribution in [0.3, 0.4) is 0 Å². The van der Waals surface area contributed by atoms with Gasteiger partial charge >= 0.3 is 35.8 Å². The van der Waals surface area contributed by atoms with Gasteiger partial charge in [-0.15, -0.1) is 0 Å². The van der Waals surface area contributed by atoms with Gasteiger partial charge in [0, 0.05) is 78.5 Å². The summed E-state index contributed by atoms with van der Waals surface area (Å²) < 4.78 is 33.9. The third-order valence-corrected chi connectivity index (χ3v) is 13.4. The van der Waals surface area contributed by atoms with Crippen LogP contribution in [0.25, 0.3) is 0 Å². The molecule has 0 aliphatic rings. The summed E-state index contributed by atoms with van der Waals surface area (Å²) in [7, 11) is 0. The lowest BCUT2D eigenvalue weighted by Crippen LogP contribution is -2.45. The number of benzene rings is 6. The number of carbonyl (C=O) groups is 6. The molecule has 0 amide bonds. The molecular formula is C66H78N4O12. The zero-order chi connectivity index (χ0) is 57.7. The minimum atomic E-state index is -0.377. The monoisotopic (exact) mass is 1120 g/mol. The second kappa shape index (κ2) is 37.8. The first-order valence-electron chi connectivity index (χ1n) is 28.2. The van der Waals surface area contributed by atoms with E-state index in [9.17, 15) is 28.8 Å². The Bertz CT molecular complexity index is 2280. The van der Waals surface area contributed by atoms with Gasteiger partial charge in [-0.2, -0.15) is 0 Å². The van der Waals surface area contributed by atoms with Crippen LogP contribution >= 0.6 is 0 Å². The summed E-state index contributed by atoms with van der Waals surface area (Å²) in [4.78, 5) is 87.6. The number of hydrogen-bond acceptors (Lipinski definition) is 16. The Hall–Kier alpha value is -8.02. The van der Waals surface area contributed by atoms with E-state index >= 15 is 0 Å². The maximum atomic E-state index is 13.2. The summed E-state index contributed by atoms with van der Waals surface area (Å²) in [5.74, 6) is -2.26. The quantitative estimate of drug-likeness (QED) is 0.0264. The lowest BCUT2D eigenvalue weighted by atomic mass is 10.2. The van der Waals surface area contributed by atoms with E-state index in [4.69, 9.17) is 28.4 Å². The summed E-state index contributed by atoms with van der Waals surface area (Å²) in [6.07, 6.45) is 0.470. The maximum Gasteiger partial charge on any atom is 0.307 e. The second-order valence-corrected chi connectivity index (χ2v) is 19.7. The molecule has 434 valence electrons. The van der Waals surface area contributed by atoms with Gasteiger partial charge in [-0.25, -0.2) is 0 Å². The Morgan fingerprint density at radius 1 is 0.207 bits per heavy atom. The molecule has 0 aromatic heterocycles. The van der Waals surface area contributed by atoms with Gasteiger partial charge in [0.1, 0.15) is 39.6 Å². The molecule has 0 aliphatic heterocycles. The van der Waals surface area contributed by atoms with Crippen LogP contribution in [0.5, 0.6) is 0 Å². The average molecular weight is 1120 g/mol. The van der Waals surface area contributed by atoms with Gasteiger partial charge in [0.05, 0.1) is 38.5 Å². The summed E-state index contributed by atoms with van der Waals surface area (Å²) in [5, 5.41) is 0. The Morgan fingerprint density at radius 2 is 0.341 bits per heavy atom. The van der Waals surface area contributed by atoms with E-state index in [1.807, 2.05) is 197 Å². The molecule has 82 heavy (non-hydrogen) atoms. The first-order valence-corrected chi connectivity index (χ1v) is 28.2. The van der Waals surface area contributed by atoms with E-state index < -0.39 is 0 Å². The van der Waals surface area contributed by atoms with Crippen LogP contribution < -0.4 is 0 Å². The molecule has 0 saturated carbocycles. The molecule has 0 heterocycles. The van der Waals surface area contributed by atoms with Gasteiger partial charge in [-0.1, -0.05) is 182 Å². The predicted octanol–water partition coefficient (Wildman–Crippen LogP) is 9.00. The van der Waals surface area contributed by atoms with Crippen molar-refractivity contribution in [1.82, 2.24) is 19.6 Å². The van der Waals surface area contributed by atoms with Crippen LogP contribution in [-0.4, -0.2) is 134 Å². The van der Waals surface area contributed by atoms with Crippen molar-refractivity contribution in [3.63, 3.8) is 0 Å². The van der Waals surface area contributed by atoms with E-state index in [2.05, 4.69) is 4.90 Å². The summed E-state index contributed by atoms with van der Waals surface area (Å²) >= 11 is 0. The van der Waals surface area contributed by atoms with Gasteiger partial charge in [-0.3, -0.25) is 33.7 Å². The largest absolute Gasteiger partial charge is 0.461 e. The van der Waals surface area contributed by atoms with Gasteiger partial charge in [0.25, 0.3) is 0 Å². The summed E-state index contributed by atoms with van der Waals surface area (Å²) in [5.41, 5.74) is 5.22. The number of nitrogens with zero attached hydrogens (tertiary/aromatic N) is 4. The van der Waals surface area contributed by atoms with E-state index in [0.717, 1.165) is 33.4 Å². The normalized spacial score (nSPS) is 11.1. The fourth-order valence-corrected chi connectivity index (χ4v) is 8.55. The van der Waals surface area contributed by atoms with Crippen LogP contribution in [0, 0.1) is 0 Å². The Kier molecular flexibility index (Phi) is 29.1. The van der Waals surface area contributed by atoms with Crippen LogP contribution in [-0.2, 0) is 96.8 Å². The van der Waals surface area contributed by atoms with Crippen LogP contribution in [0.1, 0.15) is 71.9 Å². The number of rotatable bonds is 39. The molecule has 0 spiro atoms. The second-order valence-electron chi connectivity index (χ2n) is 19.7. The third-order valence-electron chi connectivity index (χ3n) is 13.4. The number of carbonyl (C=O) groups excluding carboxylic acids is 6. The van der Waals surface area contributed by atoms with Crippen LogP contribution in [0.4, 0.5) is 0 Å². The first-order chi connectivity index (χ1) is 40.1. The zero-order valence-electron chi connectivity index (χ0n) is 47.0. The van der Waals surface area contributed by atoms with E-state index in [-0.39, 0.29) is 114 Å². The highest BCUT2D eigenvalue weighted by atomic mass is 16.6. The SMILES string of the molecule is O=C(CCN(CCC(=O)OCc1ccccc1)CCN(CCN(CCC(=O)OCc1ccccc1)CCC(=O)OCc1ccccc1)CCN(CCC(=O)OCc1ccccc1)CCC(=O)OCc1ccccc1)OCc1ccccc1. The molecule has 0 fully saturated rings. The summed E-state index contributed by atoms with van der Waals surface area (Å²) in [6, 6.07) is 56.7. The van der Waals surface area contributed by atoms with Gasteiger partial charge < -0.3 is 43.1 Å². The Balaban J connectivity index is 1.17. The standard InChI is InChI=1S/C66H78N4O12/c71-61(77-49-55-19-7-1-8-20-55)31-37-67(38-32-62(72)78-50-56-21-9-2-10-22-56)43-46-70(47-44-68(39-33-63(73)79-51-57-23-11-3-12-24-57)40-34-64(74)80-52-58-25-13-4-14-26-58)48-45-69(41-35-65(75)81-53-59-27-15-5-16-28-59)42-36-66(76)82-54-60-29-17-6-18-30-60/h1-30H,31-54H2. The number of esters is 6. The maximum absolute atomic E-state index is 13.2. The molecule has 0 radical (unpaired) electrons. The van der Waals surface area contributed by atoms with Gasteiger partial charge in [0.15, 0.2) is 0 Å². The minimum Gasteiger partial charge on any atom is -0.461 e. The van der Waals surface area contributed by atoms with Crippen LogP contribution in [0.2, 0.25) is 0 Å². The Labute approximate surface area is 482 Å². The molecule has 0 aliphatic carbocycles. The molecule has 16 heteroatoms. The van der Waals surface area contributed by atoms with Crippen molar-refractivity contribution in [3.8, 4) is 0 Å². The molecule has 0 unspecified atom stereocenters. The van der Waals surface area contributed by atoms with E-state index in [0.29, 0.717) is 78.5 Å². The zero-order valence-corrected chi connectivity index (χ0v) is 47.0. The smallest absolute Gasteiger partial charge is 0.307 e. The molecule has 6 rings (SSSR count). The fourth-order valence-electron chi connectivity index (χ4n) is 8.55. The highest BCUT2D eigenvalue weighted by molar-refractivity contribution is 5.72. The minimum absolute atomic E-state index is 0.0783. The van der Waals surface area contributed by atoms with Gasteiger partial charge in [-0.05, 0) is 33.4 Å². The highest BCUT2D eigenvalue weighted by Gasteiger charge is 2.20. The molecule has 0 bridgehead atoms. The highest BCUT2D eigenvalue weighted by Crippen LogP contribution is 2.11. The molecular weight excluding hydrogens is 1040 g/mol. The van der Waals surface area contributed by atoms with Crippen molar-refractivity contribution >= 4 is 35.8 Å².